The van der Waals surface area contributed by atoms with Crippen LogP contribution in [0, 0.1) is 5.92 Å². The van der Waals surface area contributed by atoms with Gasteiger partial charge in [-0.2, -0.15) is 13.2 Å². The maximum Gasteiger partial charge on any atom is 0.406 e. The quantitative estimate of drug-likeness (QED) is 0.758. The highest BCUT2D eigenvalue weighted by atomic mass is 35.5. The van der Waals surface area contributed by atoms with Crippen molar-refractivity contribution in [3.8, 4) is 0 Å². The Kier molecular flexibility index (Phi) is 6.41. The van der Waals surface area contributed by atoms with Gasteiger partial charge >= 0.3 is 6.18 Å². The van der Waals surface area contributed by atoms with Crippen LogP contribution in [0.1, 0.15) is 6.42 Å². The molecule has 1 aliphatic rings. The zero-order valence-electron chi connectivity index (χ0n) is 9.50. The number of amides is 2. The van der Waals surface area contributed by atoms with E-state index < -0.39 is 30.5 Å². The molecule has 1 fully saturated rings. The Morgan fingerprint density at radius 2 is 2.11 bits per heavy atom. The zero-order valence-corrected chi connectivity index (χ0v) is 10.3. The molecule has 1 heterocycles. The number of hydrogen-bond acceptors (Lipinski definition) is 3. The number of likely N-dealkylation sites (tertiary alicyclic amines) is 1. The van der Waals surface area contributed by atoms with E-state index in [9.17, 15) is 22.8 Å². The van der Waals surface area contributed by atoms with Crippen molar-refractivity contribution in [2.75, 3.05) is 26.2 Å². The van der Waals surface area contributed by atoms with Gasteiger partial charge in [0.2, 0.25) is 11.8 Å². The van der Waals surface area contributed by atoms with Crippen LogP contribution in [0.15, 0.2) is 0 Å². The molecule has 0 aliphatic carbocycles. The van der Waals surface area contributed by atoms with Gasteiger partial charge < -0.3 is 16.0 Å². The van der Waals surface area contributed by atoms with E-state index in [1.807, 2.05) is 0 Å². The molecule has 0 spiro atoms. The molecule has 1 saturated heterocycles. The Bertz CT molecular complexity index is 312. The average molecular weight is 290 g/mol. The summed E-state index contributed by atoms with van der Waals surface area (Å²) in [5, 5.41) is 2.45. The van der Waals surface area contributed by atoms with Gasteiger partial charge in [-0.05, 0) is 0 Å². The Labute approximate surface area is 108 Å². The van der Waals surface area contributed by atoms with Gasteiger partial charge in [0.05, 0.1) is 5.92 Å². The number of alkyl halides is 3. The average Bonchev–Trinajstić information content (AvgIpc) is 2.54. The van der Waals surface area contributed by atoms with E-state index >= 15 is 0 Å². The van der Waals surface area contributed by atoms with Crippen molar-refractivity contribution in [1.29, 1.82) is 0 Å². The van der Waals surface area contributed by atoms with E-state index in [1.54, 1.807) is 0 Å². The van der Waals surface area contributed by atoms with E-state index in [0.717, 1.165) is 0 Å². The SMILES string of the molecule is Cl.NCCNC(=O)C1CC(=O)N(CC(F)(F)F)C1. The maximum atomic E-state index is 12.1. The molecule has 5 nitrogen and oxygen atoms in total. The van der Waals surface area contributed by atoms with Crippen molar-refractivity contribution < 1.29 is 22.8 Å². The van der Waals surface area contributed by atoms with Crippen LogP contribution in [0.3, 0.4) is 0 Å². The van der Waals surface area contributed by atoms with Crippen LogP contribution < -0.4 is 11.1 Å². The van der Waals surface area contributed by atoms with Gasteiger partial charge in [-0.15, -0.1) is 12.4 Å². The van der Waals surface area contributed by atoms with Crippen LogP contribution in [0.2, 0.25) is 0 Å². The summed E-state index contributed by atoms with van der Waals surface area (Å²) in [6.07, 6.45) is -4.61. The molecule has 1 rings (SSSR count). The van der Waals surface area contributed by atoms with Crippen molar-refractivity contribution in [2.24, 2.45) is 11.7 Å². The number of nitrogens with two attached hydrogens (primary N) is 1. The summed E-state index contributed by atoms with van der Waals surface area (Å²) < 4.78 is 36.3. The van der Waals surface area contributed by atoms with Crippen molar-refractivity contribution in [3.63, 3.8) is 0 Å². The molecule has 0 aromatic carbocycles. The fourth-order valence-corrected chi connectivity index (χ4v) is 1.66. The van der Waals surface area contributed by atoms with E-state index in [4.69, 9.17) is 5.73 Å². The molecule has 18 heavy (non-hydrogen) atoms. The lowest BCUT2D eigenvalue weighted by molar-refractivity contribution is -0.157. The lowest BCUT2D eigenvalue weighted by Crippen LogP contribution is -2.38. The summed E-state index contributed by atoms with van der Waals surface area (Å²) in [6.45, 7) is -0.983. The largest absolute Gasteiger partial charge is 0.406 e. The van der Waals surface area contributed by atoms with Crippen molar-refractivity contribution in [3.05, 3.63) is 0 Å². The van der Waals surface area contributed by atoms with Crippen LogP contribution in [0.5, 0.6) is 0 Å². The van der Waals surface area contributed by atoms with E-state index in [-0.39, 0.29) is 38.5 Å². The number of carbonyl (C=O) groups excluding carboxylic acids is 2. The lowest BCUT2D eigenvalue weighted by Gasteiger charge is -2.18. The second-order valence-electron chi connectivity index (χ2n) is 3.87. The summed E-state index contributed by atoms with van der Waals surface area (Å²) >= 11 is 0. The van der Waals surface area contributed by atoms with Crippen molar-refractivity contribution >= 4 is 24.2 Å². The van der Waals surface area contributed by atoms with E-state index in [2.05, 4.69) is 5.32 Å². The van der Waals surface area contributed by atoms with Gasteiger partial charge in [-0.25, -0.2) is 0 Å². The Hall–Kier alpha value is -1.02. The highest BCUT2D eigenvalue weighted by molar-refractivity contribution is 5.89. The molecule has 0 aromatic heterocycles. The van der Waals surface area contributed by atoms with Gasteiger partial charge in [0.25, 0.3) is 0 Å². The number of hydrogen-bond donors (Lipinski definition) is 2. The second kappa shape index (κ2) is 6.79. The lowest BCUT2D eigenvalue weighted by atomic mass is 10.1. The summed E-state index contributed by atoms with van der Waals surface area (Å²) in [5.74, 6) is -1.78. The highest BCUT2D eigenvalue weighted by Gasteiger charge is 2.40. The minimum absolute atomic E-state index is 0. The minimum atomic E-state index is -4.43. The molecule has 2 amide bonds. The van der Waals surface area contributed by atoms with E-state index in [1.165, 1.54) is 0 Å². The van der Waals surface area contributed by atoms with E-state index in [0.29, 0.717) is 4.90 Å². The van der Waals surface area contributed by atoms with Gasteiger partial charge in [0.15, 0.2) is 0 Å². The Balaban J connectivity index is 0.00000289. The minimum Gasteiger partial charge on any atom is -0.355 e. The monoisotopic (exact) mass is 289 g/mol. The second-order valence-corrected chi connectivity index (χ2v) is 3.87. The molecular weight excluding hydrogens is 275 g/mol. The molecular formula is C9H15ClF3N3O2. The molecule has 1 atom stereocenters. The molecule has 1 unspecified atom stereocenters. The molecule has 0 radical (unpaired) electrons. The summed E-state index contributed by atoms with van der Waals surface area (Å²) in [6, 6.07) is 0. The highest BCUT2D eigenvalue weighted by Crippen LogP contribution is 2.23. The summed E-state index contributed by atoms with van der Waals surface area (Å²) in [4.78, 5) is 23.4. The predicted octanol–water partition coefficient (Wildman–Crippen LogP) is -0.106. The molecule has 9 heteroatoms. The number of halogens is 4. The van der Waals surface area contributed by atoms with Crippen LogP contribution in [0.25, 0.3) is 0 Å². The number of nitrogens with zero attached hydrogens (tertiary/aromatic N) is 1. The molecule has 0 aromatic rings. The maximum absolute atomic E-state index is 12.1. The molecule has 1 aliphatic heterocycles. The van der Waals surface area contributed by atoms with Crippen LogP contribution in [-0.4, -0.2) is 49.1 Å². The smallest absolute Gasteiger partial charge is 0.355 e. The fourth-order valence-electron chi connectivity index (χ4n) is 1.66. The summed E-state index contributed by atoms with van der Waals surface area (Å²) in [5.41, 5.74) is 5.17. The predicted molar refractivity (Wildman–Crippen MR) is 60.1 cm³/mol. The topological polar surface area (TPSA) is 75.4 Å². The Morgan fingerprint density at radius 1 is 1.50 bits per heavy atom. The van der Waals surface area contributed by atoms with Crippen LogP contribution in [-0.2, 0) is 9.59 Å². The third-order valence-corrected chi connectivity index (χ3v) is 2.40. The van der Waals surface area contributed by atoms with Crippen LogP contribution >= 0.6 is 12.4 Å². The first-order valence-electron chi connectivity index (χ1n) is 5.16. The van der Waals surface area contributed by atoms with Crippen LogP contribution in [0.4, 0.5) is 13.2 Å². The molecule has 0 bridgehead atoms. The summed E-state index contributed by atoms with van der Waals surface area (Å²) in [7, 11) is 0. The molecule has 3 N–H and O–H groups in total. The van der Waals surface area contributed by atoms with Gasteiger partial charge in [0, 0.05) is 26.1 Å². The fraction of sp³-hybridized carbons (Fsp3) is 0.778. The first-order chi connectivity index (χ1) is 7.83. The van der Waals surface area contributed by atoms with Gasteiger partial charge in [-0.3, -0.25) is 9.59 Å². The Morgan fingerprint density at radius 3 is 2.61 bits per heavy atom. The number of rotatable bonds is 4. The third-order valence-electron chi connectivity index (χ3n) is 2.40. The van der Waals surface area contributed by atoms with Gasteiger partial charge in [-0.1, -0.05) is 0 Å². The number of carbonyl (C=O) groups is 2. The van der Waals surface area contributed by atoms with Crippen molar-refractivity contribution in [1.82, 2.24) is 10.2 Å². The molecule has 106 valence electrons. The first kappa shape index (κ1) is 17.0. The first-order valence-corrected chi connectivity index (χ1v) is 5.16. The van der Waals surface area contributed by atoms with Crippen molar-refractivity contribution in [2.45, 2.75) is 12.6 Å². The zero-order chi connectivity index (χ0) is 13.1. The van der Waals surface area contributed by atoms with Gasteiger partial charge in [0.1, 0.15) is 6.54 Å². The standard InChI is InChI=1S/C9H14F3N3O2.ClH/c10-9(11,12)5-15-4-6(3-7(15)16)8(17)14-2-1-13;/h6H,1-5,13H2,(H,14,17);1H. The normalized spacial score (nSPS) is 19.7. The third kappa shape index (κ3) is 5.09. The number of nitrogens with one attached hydrogen (secondary N) is 1. The molecule has 0 saturated carbocycles.